The first kappa shape index (κ1) is 14.2. The van der Waals surface area contributed by atoms with Crippen LogP contribution in [0.2, 0.25) is 0 Å². The summed E-state index contributed by atoms with van der Waals surface area (Å²) >= 11 is 8.07. The van der Waals surface area contributed by atoms with Crippen molar-refractivity contribution in [1.29, 1.82) is 0 Å². The summed E-state index contributed by atoms with van der Waals surface area (Å²) in [6, 6.07) is 10.3. The van der Waals surface area contributed by atoms with Gasteiger partial charge in [0.15, 0.2) is 0 Å². The predicted molar refractivity (Wildman–Crippen MR) is 86.7 cm³/mol. The zero-order chi connectivity index (χ0) is 14.3. The van der Waals surface area contributed by atoms with Crippen molar-refractivity contribution >= 4 is 53.3 Å². The minimum Gasteiger partial charge on any atom is -0.207 e. The Morgan fingerprint density at radius 2 is 1.75 bits per heavy atom. The van der Waals surface area contributed by atoms with E-state index in [9.17, 15) is 8.78 Å². The Morgan fingerprint density at radius 1 is 1.00 bits per heavy atom. The summed E-state index contributed by atoms with van der Waals surface area (Å²) < 4.78 is 29.0. The van der Waals surface area contributed by atoms with Crippen molar-refractivity contribution in [1.82, 2.24) is 0 Å². The highest BCUT2D eigenvalue weighted by molar-refractivity contribution is 9.10. The maximum absolute atomic E-state index is 14.0. The predicted octanol–water partition coefficient (Wildman–Crippen LogP) is 6.43. The lowest BCUT2D eigenvalue weighted by molar-refractivity contribution is 0.583. The SMILES string of the molecule is Fc1cc(C(Br)c2csc3ccccc23)c(F)cc1Br. The Hall–Kier alpha value is -0.780. The lowest BCUT2D eigenvalue weighted by Crippen LogP contribution is -1.97. The molecule has 1 aromatic heterocycles. The van der Waals surface area contributed by atoms with Crippen LogP contribution in [0.1, 0.15) is 16.0 Å². The van der Waals surface area contributed by atoms with E-state index in [0.717, 1.165) is 21.7 Å². The van der Waals surface area contributed by atoms with Crippen molar-refractivity contribution in [2.45, 2.75) is 4.83 Å². The molecular formula is C15H8Br2F2S. The lowest BCUT2D eigenvalue weighted by atomic mass is 10.0. The number of thiophene rings is 1. The quantitative estimate of drug-likeness (QED) is 0.333. The molecule has 0 amide bonds. The van der Waals surface area contributed by atoms with Crippen LogP contribution in [0.5, 0.6) is 0 Å². The molecule has 2 aromatic carbocycles. The van der Waals surface area contributed by atoms with Crippen molar-refractivity contribution in [2.24, 2.45) is 0 Å². The molecule has 1 unspecified atom stereocenters. The molecule has 0 N–H and O–H groups in total. The molecule has 0 radical (unpaired) electrons. The lowest BCUT2D eigenvalue weighted by Gasteiger charge is -2.12. The van der Waals surface area contributed by atoms with Crippen LogP contribution in [0, 0.1) is 11.6 Å². The van der Waals surface area contributed by atoms with Gasteiger partial charge in [-0.1, -0.05) is 34.1 Å². The number of hydrogen-bond donors (Lipinski definition) is 0. The zero-order valence-corrected chi connectivity index (χ0v) is 14.0. The van der Waals surface area contributed by atoms with Gasteiger partial charge >= 0.3 is 0 Å². The monoisotopic (exact) mass is 416 g/mol. The summed E-state index contributed by atoms with van der Waals surface area (Å²) in [4.78, 5) is -0.374. The molecule has 0 aliphatic rings. The second-order valence-corrected chi connectivity index (χ2v) is 7.02. The van der Waals surface area contributed by atoms with Gasteiger partial charge in [0.1, 0.15) is 11.6 Å². The van der Waals surface area contributed by atoms with Crippen LogP contribution in [-0.4, -0.2) is 0 Å². The maximum atomic E-state index is 14.0. The highest BCUT2D eigenvalue weighted by Gasteiger charge is 2.20. The largest absolute Gasteiger partial charge is 0.207 e. The van der Waals surface area contributed by atoms with Crippen molar-refractivity contribution in [3.8, 4) is 0 Å². The maximum Gasteiger partial charge on any atom is 0.137 e. The Bertz CT molecular complexity index is 783. The molecule has 5 heteroatoms. The minimum absolute atomic E-state index is 0.133. The van der Waals surface area contributed by atoms with Gasteiger partial charge in [0.25, 0.3) is 0 Å². The molecule has 20 heavy (non-hydrogen) atoms. The van der Waals surface area contributed by atoms with Gasteiger partial charge in [-0.2, -0.15) is 0 Å². The fraction of sp³-hybridized carbons (Fsp3) is 0.0667. The first-order chi connectivity index (χ1) is 9.58. The summed E-state index contributed by atoms with van der Waals surface area (Å²) in [6.45, 7) is 0. The number of rotatable bonds is 2. The smallest absolute Gasteiger partial charge is 0.137 e. The number of fused-ring (bicyclic) bond motifs is 1. The van der Waals surface area contributed by atoms with Crippen LogP contribution in [-0.2, 0) is 0 Å². The molecule has 0 bridgehead atoms. The van der Waals surface area contributed by atoms with Gasteiger partial charge < -0.3 is 0 Å². The van der Waals surface area contributed by atoms with Gasteiger partial charge in [0.2, 0.25) is 0 Å². The Balaban J connectivity index is 2.13. The van der Waals surface area contributed by atoms with Crippen molar-refractivity contribution in [3.05, 3.63) is 69.0 Å². The first-order valence-electron chi connectivity index (χ1n) is 5.82. The summed E-state index contributed by atoms with van der Waals surface area (Å²) in [5, 5.41) is 3.03. The molecule has 1 heterocycles. The van der Waals surface area contributed by atoms with Crippen molar-refractivity contribution in [2.75, 3.05) is 0 Å². The van der Waals surface area contributed by atoms with Gasteiger partial charge in [-0.3, -0.25) is 0 Å². The van der Waals surface area contributed by atoms with Crippen LogP contribution in [0.15, 0.2) is 46.3 Å². The van der Waals surface area contributed by atoms with E-state index in [2.05, 4.69) is 31.9 Å². The number of hydrogen-bond acceptors (Lipinski definition) is 1. The van der Waals surface area contributed by atoms with Gasteiger partial charge in [-0.25, -0.2) is 8.78 Å². The number of halogens is 4. The van der Waals surface area contributed by atoms with Crippen LogP contribution in [0.25, 0.3) is 10.1 Å². The topological polar surface area (TPSA) is 0 Å². The van der Waals surface area contributed by atoms with Crippen LogP contribution in [0.4, 0.5) is 8.78 Å². The number of alkyl halides is 1. The van der Waals surface area contributed by atoms with E-state index in [4.69, 9.17) is 0 Å². The van der Waals surface area contributed by atoms with Crippen LogP contribution < -0.4 is 0 Å². The van der Waals surface area contributed by atoms with Gasteiger partial charge in [0.05, 0.1) is 9.30 Å². The first-order valence-corrected chi connectivity index (χ1v) is 8.41. The molecule has 0 aliphatic carbocycles. The fourth-order valence-corrected chi connectivity index (χ4v) is 4.30. The summed E-state index contributed by atoms with van der Waals surface area (Å²) in [5.74, 6) is -0.902. The van der Waals surface area contributed by atoms with E-state index in [-0.39, 0.29) is 9.30 Å². The minimum atomic E-state index is -0.467. The highest BCUT2D eigenvalue weighted by Crippen LogP contribution is 2.40. The van der Waals surface area contributed by atoms with E-state index in [1.165, 1.54) is 6.07 Å². The molecule has 0 nitrogen and oxygen atoms in total. The third kappa shape index (κ3) is 2.43. The second kappa shape index (κ2) is 5.54. The average molecular weight is 418 g/mol. The van der Waals surface area contributed by atoms with E-state index in [0.29, 0.717) is 5.56 Å². The van der Waals surface area contributed by atoms with E-state index in [1.807, 2.05) is 29.6 Å². The molecule has 3 rings (SSSR count). The van der Waals surface area contributed by atoms with Crippen LogP contribution >= 0.6 is 43.2 Å². The summed E-state index contributed by atoms with van der Waals surface area (Å²) in [7, 11) is 0. The molecular weight excluding hydrogens is 410 g/mol. The molecule has 0 spiro atoms. The van der Waals surface area contributed by atoms with E-state index in [1.54, 1.807) is 11.3 Å². The third-order valence-corrected chi connectivity index (χ3v) is 5.67. The zero-order valence-electron chi connectivity index (χ0n) is 10.0. The molecule has 1 atom stereocenters. The van der Waals surface area contributed by atoms with Gasteiger partial charge in [0, 0.05) is 10.3 Å². The van der Waals surface area contributed by atoms with Gasteiger partial charge in [-0.05, 0) is 50.5 Å². The van der Waals surface area contributed by atoms with E-state index < -0.39 is 11.6 Å². The molecule has 0 fully saturated rings. The Kier molecular flexibility index (Phi) is 3.93. The normalized spacial score (nSPS) is 12.8. The van der Waals surface area contributed by atoms with Crippen molar-refractivity contribution < 1.29 is 8.78 Å². The number of benzene rings is 2. The Morgan fingerprint density at radius 3 is 2.55 bits per heavy atom. The Labute approximate surface area is 135 Å². The molecule has 0 saturated carbocycles. The van der Waals surface area contributed by atoms with Crippen molar-refractivity contribution in [3.63, 3.8) is 0 Å². The highest BCUT2D eigenvalue weighted by atomic mass is 79.9. The molecule has 102 valence electrons. The average Bonchev–Trinajstić information content (AvgIpc) is 2.86. The van der Waals surface area contributed by atoms with E-state index >= 15 is 0 Å². The summed E-state index contributed by atoms with van der Waals surface area (Å²) in [6.07, 6.45) is 0. The fourth-order valence-electron chi connectivity index (χ4n) is 2.09. The van der Waals surface area contributed by atoms with Crippen LogP contribution in [0.3, 0.4) is 0 Å². The molecule has 0 saturated heterocycles. The summed E-state index contributed by atoms with van der Waals surface area (Å²) in [5.41, 5.74) is 1.25. The standard InChI is InChI=1S/C15H8Br2F2S/c16-11-6-12(18)9(5-13(11)19)15(17)10-7-20-14-4-2-1-3-8(10)14/h1-7,15H. The molecule has 3 aromatic rings. The third-order valence-electron chi connectivity index (χ3n) is 3.10. The van der Waals surface area contributed by atoms with Gasteiger partial charge in [-0.15, -0.1) is 11.3 Å². The second-order valence-electron chi connectivity index (χ2n) is 4.34. The molecule has 0 aliphatic heterocycles.